The largest absolute Gasteiger partial charge is 0.496 e. The van der Waals surface area contributed by atoms with Crippen LogP contribution in [0.25, 0.3) is 0 Å². The third kappa shape index (κ3) is 3.70. The normalized spacial score (nSPS) is 11.6. The van der Waals surface area contributed by atoms with Gasteiger partial charge >= 0.3 is 0 Å². The molecule has 0 aromatic heterocycles. The molecule has 0 radical (unpaired) electrons. The average Bonchev–Trinajstić information content (AvgIpc) is 2.27. The molecule has 2 heteroatoms. The van der Waals surface area contributed by atoms with Crippen LogP contribution in [-0.2, 0) is 6.42 Å². The van der Waals surface area contributed by atoms with Crippen LogP contribution in [0.2, 0.25) is 0 Å². The second kappa shape index (κ2) is 6.33. The Hall–Kier alpha value is -1.28. The fourth-order valence-electron chi connectivity index (χ4n) is 1.75. The minimum absolute atomic E-state index is 0.711. The van der Waals surface area contributed by atoms with Crippen molar-refractivity contribution in [3.8, 4) is 5.75 Å². The standard InChI is InChI=1S/C14H21NO/c1-11(5-4-8-15)9-13-10-12(2)6-7-14(13)16-3/h5-7,10H,4,8-9,15H2,1-3H3. The van der Waals surface area contributed by atoms with E-state index < -0.39 is 0 Å². The molecule has 0 aliphatic carbocycles. The number of benzene rings is 1. The van der Waals surface area contributed by atoms with Gasteiger partial charge in [0.25, 0.3) is 0 Å². The lowest BCUT2D eigenvalue weighted by Gasteiger charge is -2.09. The second-order valence-corrected chi connectivity index (χ2v) is 4.12. The van der Waals surface area contributed by atoms with E-state index in [1.54, 1.807) is 7.11 Å². The van der Waals surface area contributed by atoms with Crippen LogP contribution in [0.15, 0.2) is 29.8 Å². The van der Waals surface area contributed by atoms with Crippen LogP contribution >= 0.6 is 0 Å². The predicted octanol–water partition coefficient (Wildman–Crippen LogP) is 2.84. The molecule has 1 rings (SSSR count). The number of methoxy groups -OCH3 is 1. The van der Waals surface area contributed by atoms with Gasteiger partial charge in [0, 0.05) is 0 Å². The number of nitrogens with two attached hydrogens (primary N) is 1. The fourth-order valence-corrected chi connectivity index (χ4v) is 1.75. The first-order chi connectivity index (χ1) is 7.67. The van der Waals surface area contributed by atoms with Crippen LogP contribution in [0.3, 0.4) is 0 Å². The maximum Gasteiger partial charge on any atom is 0.122 e. The van der Waals surface area contributed by atoms with E-state index in [2.05, 4.69) is 32.1 Å². The van der Waals surface area contributed by atoms with Crippen molar-refractivity contribution in [2.24, 2.45) is 5.73 Å². The lowest BCUT2D eigenvalue weighted by Crippen LogP contribution is -1.98. The van der Waals surface area contributed by atoms with E-state index in [-0.39, 0.29) is 0 Å². The zero-order valence-electron chi connectivity index (χ0n) is 10.4. The van der Waals surface area contributed by atoms with Gasteiger partial charge in [0.2, 0.25) is 0 Å². The van der Waals surface area contributed by atoms with Crippen LogP contribution in [0.4, 0.5) is 0 Å². The Labute approximate surface area is 98.1 Å². The molecule has 0 spiro atoms. The van der Waals surface area contributed by atoms with Gasteiger partial charge in [-0.25, -0.2) is 0 Å². The smallest absolute Gasteiger partial charge is 0.122 e. The molecule has 0 saturated carbocycles. The van der Waals surface area contributed by atoms with Gasteiger partial charge in [-0.2, -0.15) is 0 Å². The molecule has 88 valence electrons. The highest BCUT2D eigenvalue weighted by Crippen LogP contribution is 2.22. The third-order valence-electron chi connectivity index (χ3n) is 2.56. The van der Waals surface area contributed by atoms with Gasteiger partial charge in [-0.05, 0) is 44.9 Å². The highest BCUT2D eigenvalue weighted by Gasteiger charge is 2.03. The van der Waals surface area contributed by atoms with Gasteiger partial charge in [0.1, 0.15) is 5.75 Å². The molecule has 0 bridgehead atoms. The molecular formula is C14H21NO. The zero-order chi connectivity index (χ0) is 12.0. The molecule has 0 saturated heterocycles. The molecule has 2 nitrogen and oxygen atoms in total. The van der Waals surface area contributed by atoms with Gasteiger partial charge < -0.3 is 10.5 Å². The number of aryl methyl sites for hydroxylation is 1. The van der Waals surface area contributed by atoms with Crippen LogP contribution in [-0.4, -0.2) is 13.7 Å². The first-order valence-corrected chi connectivity index (χ1v) is 5.66. The summed E-state index contributed by atoms with van der Waals surface area (Å²) >= 11 is 0. The van der Waals surface area contributed by atoms with Crippen LogP contribution in [0, 0.1) is 6.92 Å². The molecule has 0 atom stereocenters. The van der Waals surface area contributed by atoms with E-state index in [0.717, 1.165) is 18.6 Å². The van der Waals surface area contributed by atoms with Crippen LogP contribution in [0.1, 0.15) is 24.5 Å². The van der Waals surface area contributed by atoms with Gasteiger partial charge in [-0.15, -0.1) is 0 Å². The van der Waals surface area contributed by atoms with Gasteiger partial charge in [-0.1, -0.05) is 29.3 Å². The summed E-state index contributed by atoms with van der Waals surface area (Å²) in [5.74, 6) is 0.964. The summed E-state index contributed by atoms with van der Waals surface area (Å²) in [5.41, 5.74) is 9.33. The molecule has 16 heavy (non-hydrogen) atoms. The van der Waals surface area contributed by atoms with Gasteiger partial charge in [-0.3, -0.25) is 0 Å². The summed E-state index contributed by atoms with van der Waals surface area (Å²) in [6.45, 7) is 4.95. The molecule has 0 amide bonds. The Kier molecular flexibility index (Phi) is 5.06. The molecular weight excluding hydrogens is 198 g/mol. The molecule has 1 aromatic rings. The minimum Gasteiger partial charge on any atom is -0.496 e. The van der Waals surface area contributed by atoms with Crippen molar-refractivity contribution in [1.29, 1.82) is 0 Å². The van der Waals surface area contributed by atoms with Gasteiger partial charge in [0.05, 0.1) is 7.11 Å². The topological polar surface area (TPSA) is 35.2 Å². The maximum atomic E-state index is 5.48. The van der Waals surface area contributed by atoms with Crippen molar-refractivity contribution < 1.29 is 4.74 Å². The fraction of sp³-hybridized carbons (Fsp3) is 0.429. The minimum atomic E-state index is 0.711. The quantitative estimate of drug-likeness (QED) is 0.773. The number of hydrogen-bond donors (Lipinski definition) is 1. The number of hydrogen-bond acceptors (Lipinski definition) is 2. The summed E-state index contributed by atoms with van der Waals surface area (Å²) in [7, 11) is 1.72. The highest BCUT2D eigenvalue weighted by molar-refractivity contribution is 5.39. The Morgan fingerprint density at radius 1 is 1.44 bits per heavy atom. The van der Waals surface area contributed by atoms with Crippen molar-refractivity contribution in [2.45, 2.75) is 26.7 Å². The molecule has 2 N–H and O–H groups in total. The first kappa shape index (κ1) is 12.8. The number of allylic oxidation sites excluding steroid dienone is 1. The molecule has 1 aromatic carbocycles. The Morgan fingerprint density at radius 2 is 2.19 bits per heavy atom. The van der Waals surface area contributed by atoms with E-state index in [1.807, 2.05) is 6.07 Å². The Bertz CT molecular complexity index is 369. The lowest BCUT2D eigenvalue weighted by atomic mass is 10.0. The summed E-state index contributed by atoms with van der Waals surface area (Å²) in [6, 6.07) is 6.28. The highest BCUT2D eigenvalue weighted by atomic mass is 16.5. The van der Waals surface area contributed by atoms with E-state index in [1.165, 1.54) is 16.7 Å². The van der Waals surface area contributed by atoms with Gasteiger partial charge in [0.15, 0.2) is 0 Å². The SMILES string of the molecule is COc1ccc(C)cc1CC(C)=CCCN. The Balaban J connectivity index is 2.82. The third-order valence-corrected chi connectivity index (χ3v) is 2.56. The summed E-state index contributed by atoms with van der Waals surface area (Å²) in [4.78, 5) is 0. The van der Waals surface area contributed by atoms with E-state index in [0.29, 0.717) is 6.54 Å². The first-order valence-electron chi connectivity index (χ1n) is 5.66. The predicted molar refractivity (Wildman–Crippen MR) is 68.9 cm³/mol. The molecule has 0 heterocycles. The van der Waals surface area contributed by atoms with Crippen molar-refractivity contribution in [3.05, 3.63) is 41.0 Å². The summed E-state index contributed by atoms with van der Waals surface area (Å²) < 4.78 is 5.35. The summed E-state index contributed by atoms with van der Waals surface area (Å²) in [6.07, 6.45) is 4.08. The van der Waals surface area contributed by atoms with E-state index >= 15 is 0 Å². The monoisotopic (exact) mass is 219 g/mol. The maximum absolute atomic E-state index is 5.48. The van der Waals surface area contributed by atoms with Crippen molar-refractivity contribution in [2.75, 3.05) is 13.7 Å². The van der Waals surface area contributed by atoms with E-state index in [9.17, 15) is 0 Å². The van der Waals surface area contributed by atoms with Crippen molar-refractivity contribution in [1.82, 2.24) is 0 Å². The number of ether oxygens (including phenoxy) is 1. The van der Waals surface area contributed by atoms with Crippen LogP contribution < -0.4 is 10.5 Å². The number of rotatable bonds is 5. The van der Waals surface area contributed by atoms with Crippen LogP contribution in [0.5, 0.6) is 5.75 Å². The molecule has 0 aliphatic rings. The van der Waals surface area contributed by atoms with Crippen molar-refractivity contribution in [3.63, 3.8) is 0 Å². The molecule has 0 fully saturated rings. The van der Waals surface area contributed by atoms with E-state index in [4.69, 9.17) is 10.5 Å². The van der Waals surface area contributed by atoms with Crippen molar-refractivity contribution >= 4 is 0 Å². The second-order valence-electron chi connectivity index (χ2n) is 4.12. The zero-order valence-corrected chi connectivity index (χ0v) is 10.4. The molecule has 0 aliphatic heterocycles. The average molecular weight is 219 g/mol. The molecule has 0 unspecified atom stereocenters. The lowest BCUT2D eigenvalue weighted by molar-refractivity contribution is 0.410. The Morgan fingerprint density at radius 3 is 2.81 bits per heavy atom. The summed E-state index contributed by atoms with van der Waals surface area (Å²) in [5, 5.41) is 0.